The second-order valence-electron chi connectivity index (χ2n) is 4.56. The first kappa shape index (κ1) is 11.7. The first-order valence-corrected chi connectivity index (χ1v) is 6.23. The maximum atomic E-state index is 5.94. The third-order valence-corrected chi connectivity index (χ3v) is 3.04. The Labute approximate surface area is 97.2 Å². The van der Waals surface area contributed by atoms with Crippen molar-refractivity contribution in [1.29, 1.82) is 0 Å². The lowest BCUT2D eigenvalue weighted by Gasteiger charge is -2.18. The molecule has 3 heteroatoms. The van der Waals surface area contributed by atoms with Crippen molar-refractivity contribution >= 4 is 0 Å². The highest BCUT2D eigenvalue weighted by Crippen LogP contribution is 2.21. The smallest absolute Gasteiger partial charge is 0.117 e. The van der Waals surface area contributed by atoms with Gasteiger partial charge in [0.25, 0.3) is 0 Å². The van der Waals surface area contributed by atoms with E-state index >= 15 is 0 Å². The minimum absolute atomic E-state index is 0.290. The van der Waals surface area contributed by atoms with Crippen LogP contribution in [-0.2, 0) is 11.3 Å². The molecule has 1 aliphatic carbocycles. The van der Waals surface area contributed by atoms with E-state index in [2.05, 4.69) is 12.2 Å². The van der Waals surface area contributed by atoms with Crippen molar-refractivity contribution in [2.75, 3.05) is 6.54 Å². The van der Waals surface area contributed by atoms with Gasteiger partial charge >= 0.3 is 0 Å². The summed E-state index contributed by atoms with van der Waals surface area (Å²) in [7, 11) is 0. The molecule has 1 atom stereocenters. The second-order valence-corrected chi connectivity index (χ2v) is 4.56. The fraction of sp³-hybridized carbons (Fsp3) is 0.692. The largest absolute Gasteiger partial charge is 0.468 e. The molecule has 1 N–H and O–H groups in total. The number of hydrogen-bond acceptors (Lipinski definition) is 3. The molecule has 1 heterocycles. The molecule has 0 saturated heterocycles. The molecule has 2 rings (SSSR count). The van der Waals surface area contributed by atoms with E-state index in [1.54, 1.807) is 6.26 Å². The third-order valence-electron chi connectivity index (χ3n) is 3.04. The lowest BCUT2D eigenvalue weighted by Crippen LogP contribution is -2.29. The molecule has 0 amide bonds. The van der Waals surface area contributed by atoms with Crippen molar-refractivity contribution in [3.05, 3.63) is 24.2 Å². The van der Waals surface area contributed by atoms with Crippen molar-refractivity contribution in [3.8, 4) is 0 Å². The summed E-state index contributed by atoms with van der Waals surface area (Å²) in [5.41, 5.74) is 0. The highest BCUT2D eigenvalue weighted by molar-refractivity contribution is 4.97. The summed E-state index contributed by atoms with van der Waals surface area (Å²) in [5, 5.41) is 3.34. The van der Waals surface area contributed by atoms with Crippen LogP contribution in [0.3, 0.4) is 0 Å². The summed E-state index contributed by atoms with van der Waals surface area (Å²) in [6, 6.07) is 3.89. The zero-order valence-electron chi connectivity index (χ0n) is 9.95. The van der Waals surface area contributed by atoms with E-state index in [-0.39, 0.29) is 6.10 Å². The van der Waals surface area contributed by atoms with Gasteiger partial charge in [0.2, 0.25) is 0 Å². The number of rotatable bonds is 6. The highest BCUT2D eigenvalue weighted by atomic mass is 16.5. The van der Waals surface area contributed by atoms with Crippen LogP contribution in [-0.4, -0.2) is 18.8 Å². The zero-order valence-corrected chi connectivity index (χ0v) is 9.95. The van der Waals surface area contributed by atoms with Crippen LogP contribution in [0.2, 0.25) is 0 Å². The van der Waals surface area contributed by atoms with Gasteiger partial charge < -0.3 is 14.5 Å². The molecule has 1 aromatic heterocycles. The Morgan fingerprint density at radius 1 is 1.50 bits per heavy atom. The first-order valence-electron chi connectivity index (χ1n) is 6.23. The molecule has 1 fully saturated rings. The van der Waals surface area contributed by atoms with Crippen molar-refractivity contribution in [2.24, 2.45) is 0 Å². The SMILES string of the molecule is CC(CNCc1ccco1)OC1CCCC1. The van der Waals surface area contributed by atoms with Crippen molar-refractivity contribution in [3.63, 3.8) is 0 Å². The van der Waals surface area contributed by atoms with Crippen LogP contribution < -0.4 is 5.32 Å². The lowest BCUT2D eigenvalue weighted by atomic mass is 10.3. The number of ether oxygens (including phenoxy) is 1. The van der Waals surface area contributed by atoms with Crippen molar-refractivity contribution in [1.82, 2.24) is 5.32 Å². The van der Waals surface area contributed by atoms with Crippen LogP contribution in [0.5, 0.6) is 0 Å². The van der Waals surface area contributed by atoms with E-state index in [4.69, 9.17) is 9.15 Å². The first-order chi connectivity index (χ1) is 7.84. The monoisotopic (exact) mass is 223 g/mol. The molecule has 0 aliphatic heterocycles. The van der Waals surface area contributed by atoms with E-state index in [1.165, 1.54) is 25.7 Å². The van der Waals surface area contributed by atoms with Crippen LogP contribution >= 0.6 is 0 Å². The van der Waals surface area contributed by atoms with E-state index in [0.717, 1.165) is 18.8 Å². The van der Waals surface area contributed by atoms with Gasteiger partial charge in [-0.15, -0.1) is 0 Å². The number of nitrogens with one attached hydrogen (secondary N) is 1. The Morgan fingerprint density at radius 2 is 2.31 bits per heavy atom. The summed E-state index contributed by atoms with van der Waals surface area (Å²) in [6.45, 7) is 3.80. The molecule has 1 aliphatic rings. The fourth-order valence-electron chi connectivity index (χ4n) is 2.21. The Bertz CT molecular complexity index is 278. The number of furan rings is 1. The minimum Gasteiger partial charge on any atom is -0.468 e. The van der Waals surface area contributed by atoms with Gasteiger partial charge in [0.05, 0.1) is 25.0 Å². The van der Waals surface area contributed by atoms with Gasteiger partial charge in [-0.1, -0.05) is 12.8 Å². The van der Waals surface area contributed by atoms with Gasteiger partial charge in [0, 0.05) is 6.54 Å². The highest BCUT2D eigenvalue weighted by Gasteiger charge is 2.17. The van der Waals surface area contributed by atoms with E-state index in [9.17, 15) is 0 Å². The Balaban J connectivity index is 1.58. The molecule has 1 unspecified atom stereocenters. The molecule has 1 aromatic rings. The molecule has 0 aromatic carbocycles. The molecule has 0 radical (unpaired) electrons. The predicted molar refractivity (Wildman–Crippen MR) is 63.2 cm³/mol. The van der Waals surface area contributed by atoms with Crippen LogP contribution in [0.15, 0.2) is 22.8 Å². The van der Waals surface area contributed by atoms with E-state index < -0.39 is 0 Å². The van der Waals surface area contributed by atoms with Gasteiger partial charge in [-0.3, -0.25) is 0 Å². The third kappa shape index (κ3) is 3.65. The minimum atomic E-state index is 0.290. The standard InChI is InChI=1S/C13H21NO2/c1-11(16-12-5-2-3-6-12)9-14-10-13-7-4-8-15-13/h4,7-8,11-12,14H,2-3,5-6,9-10H2,1H3. The van der Waals surface area contributed by atoms with Crippen LogP contribution in [0, 0.1) is 0 Å². The molecule has 16 heavy (non-hydrogen) atoms. The average molecular weight is 223 g/mol. The topological polar surface area (TPSA) is 34.4 Å². The Morgan fingerprint density at radius 3 is 3.00 bits per heavy atom. The summed E-state index contributed by atoms with van der Waals surface area (Å²) in [6.07, 6.45) is 7.63. The summed E-state index contributed by atoms with van der Waals surface area (Å²) in [4.78, 5) is 0. The normalized spacial score (nSPS) is 19.1. The zero-order chi connectivity index (χ0) is 11.2. The maximum Gasteiger partial charge on any atom is 0.117 e. The fourth-order valence-corrected chi connectivity index (χ4v) is 2.21. The van der Waals surface area contributed by atoms with Gasteiger partial charge in [-0.05, 0) is 31.9 Å². The van der Waals surface area contributed by atoms with Gasteiger partial charge in [-0.25, -0.2) is 0 Å². The van der Waals surface area contributed by atoms with Crippen molar-refractivity contribution < 1.29 is 9.15 Å². The molecule has 90 valence electrons. The summed E-state index contributed by atoms with van der Waals surface area (Å²) >= 11 is 0. The van der Waals surface area contributed by atoms with E-state index in [0.29, 0.717) is 6.10 Å². The quantitative estimate of drug-likeness (QED) is 0.805. The average Bonchev–Trinajstić information content (AvgIpc) is 2.90. The van der Waals surface area contributed by atoms with Crippen molar-refractivity contribution in [2.45, 2.75) is 51.4 Å². The Hall–Kier alpha value is -0.800. The predicted octanol–water partition coefficient (Wildman–Crippen LogP) is 2.72. The number of hydrogen-bond donors (Lipinski definition) is 1. The molecule has 3 nitrogen and oxygen atoms in total. The van der Waals surface area contributed by atoms with E-state index in [1.807, 2.05) is 12.1 Å². The van der Waals surface area contributed by atoms with Gasteiger partial charge in [0.15, 0.2) is 0 Å². The molecule has 0 bridgehead atoms. The second kappa shape index (κ2) is 6.06. The van der Waals surface area contributed by atoms with Crippen LogP contribution in [0.1, 0.15) is 38.4 Å². The molecule has 1 saturated carbocycles. The molecular formula is C13H21NO2. The van der Waals surface area contributed by atoms with Crippen LogP contribution in [0.25, 0.3) is 0 Å². The van der Waals surface area contributed by atoms with Gasteiger partial charge in [0.1, 0.15) is 5.76 Å². The van der Waals surface area contributed by atoms with Gasteiger partial charge in [-0.2, -0.15) is 0 Å². The van der Waals surface area contributed by atoms with Crippen LogP contribution in [0.4, 0.5) is 0 Å². The summed E-state index contributed by atoms with van der Waals surface area (Å²) in [5.74, 6) is 0.980. The molecular weight excluding hydrogens is 202 g/mol. The molecule has 0 spiro atoms. The maximum absolute atomic E-state index is 5.94. The summed E-state index contributed by atoms with van der Waals surface area (Å²) < 4.78 is 11.2. The Kier molecular flexibility index (Phi) is 4.43. The lowest BCUT2D eigenvalue weighted by molar-refractivity contribution is 0.00283.